The molecule has 0 unspecified atom stereocenters. The van der Waals surface area contributed by atoms with Gasteiger partial charge in [0, 0.05) is 5.69 Å². The Bertz CT molecular complexity index is 668. The molecule has 0 aliphatic rings. The van der Waals surface area contributed by atoms with Gasteiger partial charge in [-0.15, -0.1) is 0 Å². The molecule has 102 valence electrons. The van der Waals surface area contributed by atoms with Gasteiger partial charge in [0.15, 0.2) is 0 Å². The first-order chi connectivity index (χ1) is 9.58. The van der Waals surface area contributed by atoms with Gasteiger partial charge in [-0.25, -0.2) is 9.82 Å². The van der Waals surface area contributed by atoms with Crippen LogP contribution < -0.4 is 11.2 Å². The maximum absolute atomic E-state index is 13.4. The Balaban J connectivity index is 2.13. The van der Waals surface area contributed by atoms with Gasteiger partial charge in [0.05, 0.1) is 11.3 Å². The highest BCUT2D eigenvalue weighted by molar-refractivity contribution is 6.01. The van der Waals surface area contributed by atoms with Gasteiger partial charge in [-0.3, -0.25) is 4.79 Å². The molecule has 0 saturated heterocycles. The largest absolute Gasteiger partial charge is 0.399 e. The third-order valence-corrected chi connectivity index (χ3v) is 2.75. The van der Waals surface area contributed by atoms with Gasteiger partial charge >= 0.3 is 0 Å². The number of nitrogens with one attached hydrogen (secondary N) is 1. The average molecular weight is 271 g/mol. The highest BCUT2D eigenvalue weighted by Gasteiger charge is 2.09. The first kappa shape index (κ1) is 13.7. The normalized spacial score (nSPS) is 11.2. The topological polar surface area (TPSA) is 67.5 Å². The van der Waals surface area contributed by atoms with Crippen LogP contribution in [0.15, 0.2) is 53.6 Å². The van der Waals surface area contributed by atoms with Crippen LogP contribution in [0.2, 0.25) is 0 Å². The third-order valence-electron chi connectivity index (χ3n) is 2.75. The molecule has 2 aromatic carbocycles. The Morgan fingerprint density at radius 2 is 1.95 bits per heavy atom. The SMILES string of the molecule is CC(=NNC(=O)c1ccccc1F)c1cccc(N)c1. The van der Waals surface area contributed by atoms with Gasteiger partial charge in [0.1, 0.15) is 5.82 Å². The van der Waals surface area contributed by atoms with E-state index in [0.29, 0.717) is 11.4 Å². The zero-order chi connectivity index (χ0) is 14.5. The summed E-state index contributed by atoms with van der Waals surface area (Å²) in [4.78, 5) is 11.8. The lowest BCUT2D eigenvalue weighted by Gasteiger charge is -2.04. The first-order valence-corrected chi connectivity index (χ1v) is 6.03. The molecular formula is C15H14FN3O. The maximum atomic E-state index is 13.4. The van der Waals surface area contributed by atoms with Crippen molar-refractivity contribution in [2.75, 3.05) is 5.73 Å². The van der Waals surface area contributed by atoms with Crippen molar-refractivity contribution in [2.45, 2.75) is 6.92 Å². The molecule has 2 aromatic rings. The molecule has 5 heteroatoms. The van der Waals surface area contributed by atoms with Crippen LogP contribution >= 0.6 is 0 Å². The molecule has 0 bridgehead atoms. The second-order valence-electron chi connectivity index (χ2n) is 4.24. The average Bonchev–Trinajstić information content (AvgIpc) is 2.45. The van der Waals surface area contributed by atoms with Crippen LogP contribution in [0, 0.1) is 5.82 Å². The van der Waals surface area contributed by atoms with E-state index in [-0.39, 0.29) is 5.56 Å². The quantitative estimate of drug-likeness (QED) is 0.512. The molecule has 0 fully saturated rings. The summed E-state index contributed by atoms with van der Waals surface area (Å²) in [5, 5.41) is 3.95. The van der Waals surface area contributed by atoms with E-state index in [9.17, 15) is 9.18 Å². The third kappa shape index (κ3) is 3.20. The number of nitrogens with two attached hydrogens (primary N) is 1. The Labute approximate surface area is 116 Å². The van der Waals surface area contributed by atoms with Crippen LogP contribution in [0.3, 0.4) is 0 Å². The molecule has 0 radical (unpaired) electrons. The second kappa shape index (κ2) is 5.97. The summed E-state index contributed by atoms with van der Waals surface area (Å²) in [6, 6.07) is 12.9. The fourth-order valence-electron chi connectivity index (χ4n) is 1.67. The molecule has 0 saturated carbocycles. The minimum absolute atomic E-state index is 0.0448. The van der Waals surface area contributed by atoms with E-state index in [1.54, 1.807) is 31.2 Å². The molecule has 3 N–H and O–H groups in total. The maximum Gasteiger partial charge on any atom is 0.274 e. The van der Waals surface area contributed by atoms with E-state index in [1.807, 2.05) is 6.07 Å². The summed E-state index contributed by atoms with van der Waals surface area (Å²) >= 11 is 0. The van der Waals surface area contributed by atoms with Crippen molar-refractivity contribution in [1.29, 1.82) is 0 Å². The van der Waals surface area contributed by atoms with Crippen LogP contribution in [-0.2, 0) is 0 Å². The van der Waals surface area contributed by atoms with Gasteiger partial charge in [-0.1, -0.05) is 24.3 Å². The lowest BCUT2D eigenvalue weighted by molar-refractivity contribution is 0.0951. The Morgan fingerprint density at radius 3 is 2.65 bits per heavy atom. The smallest absolute Gasteiger partial charge is 0.274 e. The standard InChI is InChI=1S/C15H14FN3O/c1-10(11-5-4-6-12(17)9-11)18-19-15(20)13-7-2-3-8-14(13)16/h2-9H,17H2,1H3,(H,19,20). The van der Waals surface area contributed by atoms with Crippen molar-refractivity contribution in [2.24, 2.45) is 5.10 Å². The van der Waals surface area contributed by atoms with Crippen molar-refractivity contribution in [1.82, 2.24) is 5.43 Å². The Kier molecular flexibility index (Phi) is 4.10. The van der Waals surface area contributed by atoms with Crippen LogP contribution in [0.25, 0.3) is 0 Å². The molecule has 4 nitrogen and oxygen atoms in total. The van der Waals surface area contributed by atoms with Crippen molar-refractivity contribution >= 4 is 17.3 Å². The molecule has 0 heterocycles. The summed E-state index contributed by atoms with van der Waals surface area (Å²) in [6.45, 7) is 1.73. The van der Waals surface area contributed by atoms with Gasteiger partial charge in [0.25, 0.3) is 5.91 Å². The zero-order valence-electron chi connectivity index (χ0n) is 10.9. The van der Waals surface area contributed by atoms with Crippen molar-refractivity contribution in [3.8, 4) is 0 Å². The number of hydrogen-bond donors (Lipinski definition) is 2. The molecule has 1 amide bonds. The van der Waals surface area contributed by atoms with Gasteiger partial charge in [-0.2, -0.15) is 5.10 Å². The first-order valence-electron chi connectivity index (χ1n) is 6.03. The van der Waals surface area contributed by atoms with Crippen LogP contribution in [0.5, 0.6) is 0 Å². The minimum atomic E-state index is -0.591. The van der Waals surface area contributed by atoms with E-state index >= 15 is 0 Å². The summed E-state index contributed by atoms with van der Waals surface area (Å²) in [6.07, 6.45) is 0. The van der Waals surface area contributed by atoms with Crippen LogP contribution in [0.4, 0.5) is 10.1 Å². The van der Waals surface area contributed by atoms with Gasteiger partial charge in [-0.05, 0) is 36.8 Å². The number of carbonyl (C=O) groups excluding carboxylic acids is 1. The summed E-state index contributed by atoms with van der Waals surface area (Å²) in [5.74, 6) is -1.17. The summed E-state index contributed by atoms with van der Waals surface area (Å²) in [5.41, 5.74) is 9.94. The Morgan fingerprint density at radius 1 is 1.20 bits per heavy atom. The van der Waals surface area contributed by atoms with E-state index in [4.69, 9.17) is 5.73 Å². The number of anilines is 1. The molecule has 20 heavy (non-hydrogen) atoms. The van der Waals surface area contributed by atoms with E-state index in [2.05, 4.69) is 10.5 Å². The minimum Gasteiger partial charge on any atom is -0.399 e. The van der Waals surface area contributed by atoms with Crippen molar-refractivity contribution in [3.63, 3.8) is 0 Å². The molecular weight excluding hydrogens is 257 g/mol. The number of halogens is 1. The van der Waals surface area contributed by atoms with Gasteiger partial charge in [0.2, 0.25) is 0 Å². The van der Waals surface area contributed by atoms with Crippen molar-refractivity contribution < 1.29 is 9.18 Å². The number of nitrogens with zero attached hydrogens (tertiary/aromatic N) is 1. The number of rotatable bonds is 3. The van der Waals surface area contributed by atoms with E-state index in [1.165, 1.54) is 18.2 Å². The monoisotopic (exact) mass is 271 g/mol. The molecule has 0 spiro atoms. The molecule has 0 aromatic heterocycles. The molecule has 0 aliphatic heterocycles. The van der Waals surface area contributed by atoms with Crippen LogP contribution in [0.1, 0.15) is 22.8 Å². The highest BCUT2D eigenvalue weighted by Crippen LogP contribution is 2.08. The van der Waals surface area contributed by atoms with Crippen LogP contribution in [-0.4, -0.2) is 11.6 Å². The van der Waals surface area contributed by atoms with Crippen molar-refractivity contribution in [3.05, 3.63) is 65.5 Å². The number of carbonyl (C=O) groups is 1. The summed E-state index contributed by atoms with van der Waals surface area (Å²) in [7, 11) is 0. The summed E-state index contributed by atoms with van der Waals surface area (Å²) < 4.78 is 13.4. The molecule has 0 atom stereocenters. The molecule has 2 rings (SSSR count). The molecule has 0 aliphatic carbocycles. The van der Waals surface area contributed by atoms with Gasteiger partial charge < -0.3 is 5.73 Å². The van der Waals surface area contributed by atoms with E-state index < -0.39 is 11.7 Å². The number of nitrogen functional groups attached to an aromatic ring is 1. The second-order valence-corrected chi connectivity index (χ2v) is 4.24. The predicted molar refractivity (Wildman–Crippen MR) is 76.9 cm³/mol. The Hall–Kier alpha value is -2.69. The number of benzene rings is 2. The fraction of sp³-hybridized carbons (Fsp3) is 0.0667. The number of hydrazone groups is 1. The lowest BCUT2D eigenvalue weighted by Crippen LogP contribution is -2.20. The highest BCUT2D eigenvalue weighted by atomic mass is 19.1. The zero-order valence-corrected chi connectivity index (χ0v) is 10.9. The number of amides is 1. The fourth-order valence-corrected chi connectivity index (χ4v) is 1.67. The lowest BCUT2D eigenvalue weighted by atomic mass is 10.1. The van der Waals surface area contributed by atoms with E-state index in [0.717, 1.165) is 5.56 Å². The predicted octanol–water partition coefficient (Wildman–Crippen LogP) is 2.56. The number of hydrogen-bond acceptors (Lipinski definition) is 3.